The first-order chi connectivity index (χ1) is 16.8. The topological polar surface area (TPSA) is 57.1 Å². The molecule has 3 aromatic carbocycles. The Labute approximate surface area is 217 Å². The van der Waals surface area contributed by atoms with Crippen molar-refractivity contribution in [2.45, 2.75) is 33.4 Å². The van der Waals surface area contributed by atoms with Gasteiger partial charge in [0.25, 0.3) is 0 Å². The summed E-state index contributed by atoms with van der Waals surface area (Å²) in [4.78, 5) is 4.73. The monoisotopic (exact) mass is 577 g/mol. The van der Waals surface area contributed by atoms with E-state index >= 15 is 0 Å². The molecule has 0 aromatic heterocycles. The van der Waals surface area contributed by atoms with Crippen LogP contribution < -0.4 is 15.9 Å². The number of hydrogen-bond acceptors (Lipinski definition) is 5. The van der Waals surface area contributed by atoms with E-state index in [1.54, 1.807) is 20.8 Å². The second kappa shape index (κ2) is 12.0. The molecule has 3 aromatic rings. The molecular formula is C27H34BrNO4P2. The van der Waals surface area contributed by atoms with E-state index in [1.807, 2.05) is 61.5 Å². The molecule has 0 N–H and O–H groups in total. The van der Waals surface area contributed by atoms with Crippen LogP contribution in [0, 0.1) is 0 Å². The Morgan fingerprint density at radius 1 is 0.800 bits per heavy atom. The summed E-state index contributed by atoms with van der Waals surface area (Å²) in [5, 5.41) is 2.90. The molecule has 8 heteroatoms. The van der Waals surface area contributed by atoms with Crippen molar-refractivity contribution >= 4 is 50.4 Å². The number of benzene rings is 3. The first kappa shape index (κ1) is 27.8. The van der Waals surface area contributed by atoms with Crippen molar-refractivity contribution in [3.63, 3.8) is 0 Å². The van der Waals surface area contributed by atoms with Crippen molar-refractivity contribution in [3.05, 3.63) is 91.0 Å². The van der Waals surface area contributed by atoms with Crippen molar-refractivity contribution in [2.75, 3.05) is 19.8 Å². The molecule has 0 fully saturated rings. The normalized spacial score (nSPS) is 14.7. The SMILES string of the molecule is CCN=C(OP(Br)(c1ccccc1)(c1ccccc1)c1ccccc1)C(C)P(=O)(OCC)OCC. The Hall–Kier alpha value is -1.81. The Morgan fingerprint density at radius 3 is 1.49 bits per heavy atom. The van der Waals surface area contributed by atoms with Gasteiger partial charge >= 0.3 is 218 Å². The molecule has 0 aliphatic rings. The van der Waals surface area contributed by atoms with Gasteiger partial charge in [-0.2, -0.15) is 0 Å². The van der Waals surface area contributed by atoms with Crippen molar-refractivity contribution < 1.29 is 18.1 Å². The Kier molecular flexibility index (Phi) is 9.48. The van der Waals surface area contributed by atoms with Crippen LogP contribution in [0.15, 0.2) is 96.0 Å². The average molecular weight is 578 g/mol. The van der Waals surface area contributed by atoms with Crippen LogP contribution in [-0.4, -0.2) is 31.3 Å². The second-order valence-corrected chi connectivity index (χ2v) is 17.9. The average Bonchev–Trinajstić information content (AvgIpc) is 2.90. The summed E-state index contributed by atoms with van der Waals surface area (Å²) in [6.45, 7) is 8.31. The molecule has 0 saturated heterocycles. The third-order valence-corrected chi connectivity index (χ3v) is 16.4. The molecule has 1 atom stereocenters. The first-order valence-corrected chi connectivity index (χ1v) is 17.7. The second-order valence-electron chi connectivity index (χ2n) is 7.89. The van der Waals surface area contributed by atoms with E-state index in [2.05, 4.69) is 51.9 Å². The van der Waals surface area contributed by atoms with E-state index in [1.165, 1.54) is 0 Å². The van der Waals surface area contributed by atoms with Crippen LogP contribution in [-0.2, 0) is 18.1 Å². The number of hydrogen-bond donors (Lipinski definition) is 0. The molecule has 1 unspecified atom stereocenters. The quantitative estimate of drug-likeness (QED) is 0.142. The van der Waals surface area contributed by atoms with Crippen molar-refractivity contribution in [2.24, 2.45) is 4.99 Å². The molecule has 0 saturated carbocycles. The predicted molar refractivity (Wildman–Crippen MR) is 153 cm³/mol. The van der Waals surface area contributed by atoms with Gasteiger partial charge in [0.15, 0.2) is 0 Å². The van der Waals surface area contributed by atoms with Gasteiger partial charge in [-0.15, -0.1) is 0 Å². The van der Waals surface area contributed by atoms with Gasteiger partial charge in [0.2, 0.25) is 0 Å². The molecule has 0 amide bonds. The Morgan fingerprint density at radius 2 is 1.17 bits per heavy atom. The molecule has 35 heavy (non-hydrogen) atoms. The van der Waals surface area contributed by atoms with Crippen molar-refractivity contribution in [3.8, 4) is 0 Å². The number of rotatable bonds is 11. The summed E-state index contributed by atoms with van der Waals surface area (Å²) in [6.07, 6.45) is 0. The van der Waals surface area contributed by atoms with E-state index in [4.69, 9.17) is 18.6 Å². The van der Waals surface area contributed by atoms with Crippen LogP contribution in [0.4, 0.5) is 0 Å². The van der Waals surface area contributed by atoms with Gasteiger partial charge in [0, 0.05) is 0 Å². The fourth-order valence-corrected chi connectivity index (χ4v) is 12.2. The third-order valence-electron chi connectivity index (χ3n) is 5.68. The number of nitrogens with zero attached hydrogens (tertiary/aromatic N) is 1. The zero-order valence-electron chi connectivity index (χ0n) is 20.7. The van der Waals surface area contributed by atoms with Gasteiger partial charge < -0.3 is 0 Å². The summed E-state index contributed by atoms with van der Waals surface area (Å²) < 4.78 is 32.4. The molecule has 0 aliphatic heterocycles. The van der Waals surface area contributed by atoms with E-state index < -0.39 is 18.8 Å². The molecule has 0 bridgehead atoms. The van der Waals surface area contributed by atoms with Crippen LogP contribution in [0.2, 0.25) is 0 Å². The first-order valence-electron chi connectivity index (χ1n) is 11.9. The van der Waals surface area contributed by atoms with Gasteiger partial charge in [0.05, 0.1) is 0 Å². The standard InChI is InChI=1S/C27H34BrNO4P2/c1-5-29-27(23(4)34(30,31-6-2)32-7-3)33-35(28,24-17-11-8-12-18-24,25-19-13-9-14-20-25)26-21-15-10-16-22-26/h8-23H,5-7H2,1-4H3. The van der Waals surface area contributed by atoms with E-state index in [9.17, 15) is 4.57 Å². The molecular weight excluding hydrogens is 544 g/mol. The maximum atomic E-state index is 13.8. The summed E-state index contributed by atoms with van der Waals surface area (Å²) in [7, 11) is -3.54. The van der Waals surface area contributed by atoms with Gasteiger partial charge in [-0.3, -0.25) is 0 Å². The molecule has 0 heterocycles. The molecule has 188 valence electrons. The summed E-state index contributed by atoms with van der Waals surface area (Å²) in [6, 6.07) is 30.3. The van der Waals surface area contributed by atoms with Crippen molar-refractivity contribution in [1.82, 2.24) is 0 Å². The van der Waals surface area contributed by atoms with E-state index in [0.717, 1.165) is 15.9 Å². The van der Waals surface area contributed by atoms with Crippen LogP contribution >= 0.6 is 28.6 Å². The molecule has 0 spiro atoms. The Balaban J connectivity index is 2.35. The minimum absolute atomic E-state index is 0.259. The maximum absolute atomic E-state index is 13.8. The van der Waals surface area contributed by atoms with Crippen LogP contribution in [0.25, 0.3) is 0 Å². The van der Waals surface area contributed by atoms with Crippen LogP contribution in [0.5, 0.6) is 0 Å². The van der Waals surface area contributed by atoms with E-state index in [0.29, 0.717) is 12.4 Å². The number of aliphatic imine (C=N–C) groups is 1. The van der Waals surface area contributed by atoms with Gasteiger partial charge in [-0.1, -0.05) is 0 Å². The zero-order valence-corrected chi connectivity index (χ0v) is 24.1. The molecule has 3 rings (SSSR count). The molecule has 5 nitrogen and oxygen atoms in total. The summed E-state index contributed by atoms with van der Waals surface area (Å²) in [5.41, 5.74) is -4.50. The van der Waals surface area contributed by atoms with Crippen LogP contribution in [0.1, 0.15) is 27.7 Å². The van der Waals surface area contributed by atoms with Gasteiger partial charge in [-0.25, -0.2) is 0 Å². The predicted octanol–water partition coefficient (Wildman–Crippen LogP) is 6.83. The zero-order chi connectivity index (χ0) is 25.4. The molecule has 0 aliphatic carbocycles. The van der Waals surface area contributed by atoms with Crippen LogP contribution in [0.3, 0.4) is 0 Å². The Bertz CT molecular complexity index is 1050. The van der Waals surface area contributed by atoms with Gasteiger partial charge in [0.1, 0.15) is 0 Å². The summed E-state index contributed by atoms with van der Waals surface area (Å²) >= 11 is 4.26. The van der Waals surface area contributed by atoms with E-state index in [-0.39, 0.29) is 13.2 Å². The fourth-order valence-electron chi connectivity index (χ4n) is 4.01. The van der Waals surface area contributed by atoms with Gasteiger partial charge in [-0.05, 0) is 0 Å². The minimum atomic E-state index is -3.79. The fraction of sp³-hybridized carbons (Fsp3) is 0.296. The third kappa shape index (κ3) is 5.48. The molecule has 0 radical (unpaired) electrons. The van der Waals surface area contributed by atoms with Crippen molar-refractivity contribution in [1.29, 1.82) is 0 Å². The number of halogens is 1. The summed E-state index contributed by atoms with van der Waals surface area (Å²) in [5.74, 6) is 0.337.